The summed E-state index contributed by atoms with van der Waals surface area (Å²) in [5, 5.41) is 9.20. The maximum absolute atomic E-state index is 12.7. The van der Waals surface area contributed by atoms with E-state index < -0.39 is 15.7 Å². The highest BCUT2D eigenvalue weighted by Crippen LogP contribution is 2.31. The Hall–Kier alpha value is -3.70. The lowest BCUT2D eigenvalue weighted by molar-refractivity contribution is -0.114. The monoisotopic (exact) mass is 493 g/mol. The molecule has 0 aliphatic carbocycles. The van der Waals surface area contributed by atoms with Gasteiger partial charge in [-0.1, -0.05) is 36.4 Å². The number of hydrogen-bond acceptors (Lipinski definition) is 7. The van der Waals surface area contributed by atoms with Crippen LogP contribution in [0.2, 0.25) is 0 Å². The molecule has 172 valence electrons. The van der Waals surface area contributed by atoms with E-state index in [0.29, 0.717) is 18.7 Å². The van der Waals surface area contributed by atoms with E-state index in [2.05, 4.69) is 9.39 Å². The summed E-state index contributed by atoms with van der Waals surface area (Å²) >= 11 is 0.769. The van der Waals surface area contributed by atoms with Crippen molar-refractivity contribution in [2.24, 2.45) is 9.39 Å². The van der Waals surface area contributed by atoms with Gasteiger partial charge in [0, 0.05) is 28.9 Å². The van der Waals surface area contributed by atoms with Crippen LogP contribution in [0.3, 0.4) is 0 Å². The first kappa shape index (κ1) is 22.1. The summed E-state index contributed by atoms with van der Waals surface area (Å²) in [6.45, 7) is 1.01. The number of rotatable bonds is 5. The third-order valence-corrected chi connectivity index (χ3v) is 7.04. The molecule has 0 saturated heterocycles. The van der Waals surface area contributed by atoms with E-state index in [1.54, 1.807) is 6.08 Å². The van der Waals surface area contributed by atoms with E-state index >= 15 is 0 Å². The number of sulfone groups is 1. The molecule has 0 atom stereocenters. The number of nitrogens with zero attached hydrogens (tertiary/aromatic N) is 4. The zero-order valence-corrected chi connectivity index (χ0v) is 19.6. The molecule has 34 heavy (non-hydrogen) atoms. The predicted octanol–water partition coefficient (Wildman–Crippen LogP) is 3.34. The van der Waals surface area contributed by atoms with Gasteiger partial charge in [-0.25, -0.2) is 13.3 Å². The van der Waals surface area contributed by atoms with Crippen LogP contribution in [-0.4, -0.2) is 52.8 Å². The maximum atomic E-state index is 12.7. The van der Waals surface area contributed by atoms with Crippen molar-refractivity contribution in [3.05, 3.63) is 71.9 Å². The summed E-state index contributed by atoms with van der Waals surface area (Å²) in [7, 11) is -3.71. The summed E-state index contributed by atoms with van der Waals surface area (Å²) in [5.41, 5.74) is 1.65. The number of ether oxygens (including phenoxy) is 1. The van der Waals surface area contributed by atoms with Crippen molar-refractivity contribution in [2.45, 2.75) is 6.54 Å². The minimum Gasteiger partial charge on any atom is -0.492 e. The van der Waals surface area contributed by atoms with Crippen LogP contribution in [0.1, 0.15) is 5.56 Å². The summed E-state index contributed by atoms with van der Waals surface area (Å²) < 4.78 is 35.9. The number of para-hydroxylation sites is 2. The molecule has 11 heteroatoms. The molecule has 1 N–H and O–H groups in total. The molecule has 0 unspecified atom stereocenters. The Bertz CT molecular complexity index is 1520. The molecule has 9 nitrogen and oxygen atoms in total. The summed E-state index contributed by atoms with van der Waals surface area (Å²) in [6, 6.07) is 17.2. The molecule has 0 spiro atoms. The zero-order valence-electron chi connectivity index (χ0n) is 18.0. The van der Waals surface area contributed by atoms with E-state index in [9.17, 15) is 13.2 Å². The van der Waals surface area contributed by atoms with Gasteiger partial charge in [0.1, 0.15) is 18.2 Å². The molecule has 3 heterocycles. The van der Waals surface area contributed by atoms with Crippen LogP contribution in [-0.2, 0) is 21.2 Å². The molecule has 0 radical (unpaired) electrons. The second-order valence-electron chi connectivity index (χ2n) is 7.64. The van der Waals surface area contributed by atoms with E-state index in [0.717, 1.165) is 39.8 Å². The Morgan fingerprint density at radius 1 is 1.12 bits per heavy atom. The van der Waals surface area contributed by atoms with Gasteiger partial charge in [-0.2, -0.15) is 9.39 Å². The molecule has 1 aromatic heterocycles. The van der Waals surface area contributed by atoms with Crippen molar-refractivity contribution in [3.63, 3.8) is 0 Å². The molecule has 2 aromatic carbocycles. The van der Waals surface area contributed by atoms with Crippen LogP contribution >= 0.6 is 11.9 Å². The first-order chi connectivity index (χ1) is 16.3. The van der Waals surface area contributed by atoms with Crippen molar-refractivity contribution < 1.29 is 17.9 Å². The molecule has 0 bridgehead atoms. The van der Waals surface area contributed by atoms with Crippen molar-refractivity contribution >= 4 is 60.8 Å². The standard InChI is InChI=1S/C23H19N5O4S2/c1-34(30,31)23-26-33-22-25-21(29)18(20(24)28(22)23)13-15-14-27(19-10-6-5-9-17(15)19)11-12-32-16-7-3-2-4-8-16/h2-10,13-14,24H,11-12H2,1H3/b18-13-,24-20?. The Morgan fingerprint density at radius 2 is 1.85 bits per heavy atom. The fraction of sp³-hybridized carbons (Fsp3) is 0.130. The topological polar surface area (TPSA) is 117 Å². The van der Waals surface area contributed by atoms with Gasteiger partial charge < -0.3 is 9.30 Å². The van der Waals surface area contributed by atoms with Crippen molar-refractivity contribution in [3.8, 4) is 5.75 Å². The third-order valence-electron chi connectivity index (χ3n) is 5.29. The number of aliphatic imine (C=N–C) groups is 1. The second-order valence-corrected chi connectivity index (χ2v) is 10.3. The van der Waals surface area contributed by atoms with Crippen molar-refractivity contribution in [1.29, 1.82) is 5.41 Å². The number of hydrogen-bond donors (Lipinski definition) is 1. The smallest absolute Gasteiger partial charge is 0.283 e. The quantitative estimate of drug-likeness (QED) is 0.430. The Balaban J connectivity index is 1.47. The number of aromatic nitrogens is 1. The van der Waals surface area contributed by atoms with Gasteiger partial charge in [0.2, 0.25) is 20.2 Å². The fourth-order valence-electron chi connectivity index (χ4n) is 3.75. The Morgan fingerprint density at radius 3 is 2.62 bits per heavy atom. The van der Waals surface area contributed by atoms with Crippen molar-refractivity contribution in [2.75, 3.05) is 12.9 Å². The first-order valence-electron chi connectivity index (χ1n) is 10.3. The molecular weight excluding hydrogens is 474 g/mol. The second kappa shape index (κ2) is 8.58. The van der Waals surface area contributed by atoms with E-state index in [1.807, 2.05) is 65.4 Å². The highest BCUT2D eigenvalue weighted by atomic mass is 32.2. The van der Waals surface area contributed by atoms with Crippen molar-refractivity contribution in [1.82, 2.24) is 9.47 Å². The normalized spacial score (nSPS) is 17.2. The average molecular weight is 494 g/mol. The lowest BCUT2D eigenvalue weighted by Crippen LogP contribution is -2.45. The Labute approximate surface area is 200 Å². The lowest BCUT2D eigenvalue weighted by atomic mass is 10.1. The molecule has 2 aliphatic rings. The van der Waals surface area contributed by atoms with Gasteiger partial charge in [-0.15, -0.1) is 0 Å². The summed E-state index contributed by atoms with van der Waals surface area (Å²) in [6.07, 6.45) is 4.47. The predicted molar refractivity (Wildman–Crippen MR) is 134 cm³/mol. The largest absolute Gasteiger partial charge is 0.492 e. The third kappa shape index (κ3) is 4.03. The molecule has 1 amide bonds. The van der Waals surface area contributed by atoms with Gasteiger partial charge in [-0.05, 0) is 24.3 Å². The highest BCUT2D eigenvalue weighted by molar-refractivity contribution is 8.16. The number of benzene rings is 2. The van der Waals surface area contributed by atoms with Crippen LogP contribution in [0, 0.1) is 5.41 Å². The number of amides is 1. The zero-order chi connectivity index (χ0) is 23.9. The number of carbonyl (C=O) groups is 1. The van der Waals surface area contributed by atoms with E-state index in [-0.39, 0.29) is 21.7 Å². The lowest BCUT2D eigenvalue weighted by Gasteiger charge is -2.23. The number of fused-ring (bicyclic) bond motifs is 2. The van der Waals surface area contributed by atoms with Gasteiger partial charge >= 0.3 is 0 Å². The number of carbonyl (C=O) groups excluding carboxylic acids is 1. The average Bonchev–Trinajstić information content (AvgIpc) is 3.39. The minimum atomic E-state index is -3.71. The molecular formula is C23H19N5O4S2. The highest BCUT2D eigenvalue weighted by Gasteiger charge is 2.41. The number of nitrogens with one attached hydrogen (secondary N) is 1. The van der Waals surface area contributed by atoms with Gasteiger partial charge in [0.15, 0.2) is 0 Å². The minimum absolute atomic E-state index is 0.00830. The SMILES string of the molecule is CS(=O)(=O)C1=NSC2=NC(=O)/C(=C\c3cn(CCOc4ccccc4)c4ccccc34)C(=N)N21. The van der Waals surface area contributed by atoms with E-state index in [4.69, 9.17) is 10.1 Å². The van der Waals surface area contributed by atoms with E-state index in [1.165, 1.54) is 0 Å². The van der Waals surface area contributed by atoms with Gasteiger partial charge in [-0.3, -0.25) is 10.2 Å². The van der Waals surface area contributed by atoms with Crippen LogP contribution in [0.25, 0.3) is 17.0 Å². The fourth-order valence-corrected chi connectivity index (χ4v) is 5.59. The number of amidine groups is 3. The summed E-state index contributed by atoms with van der Waals surface area (Å²) in [5.74, 6) is -0.102. The molecule has 3 aromatic rings. The van der Waals surface area contributed by atoms with Crippen LogP contribution in [0.5, 0.6) is 5.75 Å². The van der Waals surface area contributed by atoms with Crippen LogP contribution in [0.15, 0.2) is 75.8 Å². The summed E-state index contributed by atoms with van der Waals surface area (Å²) in [4.78, 5) is 17.8. The van der Waals surface area contributed by atoms with Gasteiger partial charge in [0.25, 0.3) is 5.91 Å². The Kier molecular flexibility index (Phi) is 5.58. The van der Waals surface area contributed by atoms with Crippen LogP contribution < -0.4 is 4.74 Å². The van der Waals surface area contributed by atoms with Crippen LogP contribution in [0.4, 0.5) is 0 Å². The molecule has 0 saturated carbocycles. The van der Waals surface area contributed by atoms with Gasteiger partial charge in [0.05, 0.1) is 24.1 Å². The molecule has 5 rings (SSSR count). The maximum Gasteiger partial charge on any atom is 0.283 e. The molecule has 0 fully saturated rings. The first-order valence-corrected chi connectivity index (χ1v) is 12.9. The molecule has 2 aliphatic heterocycles.